The fourth-order valence-corrected chi connectivity index (χ4v) is 2.92. The minimum atomic E-state index is -0.342. The second-order valence-electron chi connectivity index (χ2n) is 4.08. The van der Waals surface area contributed by atoms with Gasteiger partial charge < -0.3 is 5.73 Å². The summed E-state index contributed by atoms with van der Waals surface area (Å²) in [5.41, 5.74) is 8.70. The lowest BCUT2D eigenvalue weighted by molar-refractivity contribution is 0.518. The zero-order valence-corrected chi connectivity index (χ0v) is 10.6. The Balaban J connectivity index is 2.53. The summed E-state index contributed by atoms with van der Waals surface area (Å²) in [6, 6.07) is 12.5. The van der Waals surface area contributed by atoms with Gasteiger partial charge >= 0.3 is 0 Å². The Morgan fingerprint density at radius 1 is 1.19 bits per heavy atom. The number of thiophene rings is 1. The second-order valence-corrected chi connectivity index (χ2v) is 5.20. The van der Waals surface area contributed by atoms with Crippen LogP contribution in [0.1, 0.15) is 29.3 Å². The lowest BCUT2D eigenvalue weighted by Crippen LogP contribution is -2.37. The maximum absolute atomic E-state index is 6.59. The molecule has 0 aliphatic carbocycles. The first-order valence-electron chi connectivity index (χ1n) is 5.57. The van der Waals surface area contributed by atoms with Gasteiger partial charge in [-0.25, -0.2) is 0 Å². The van der Waals surface area contributed by atoms with Crippen LogP contribution >= 0.6 is 11.3 Å². The van der Waals surface area contributed by atoms with E-state index in [1.54, 1.807) is 11.3 Å². The number of rotatable bonds is 3. The summed E-state index contributed by atoms with van der Waals surface area (Å²) in [5, 5.41) is 2.12. The van der Waals surface area contributed by atoms with Crippen molar-refractivity contribution in [2.75, 3.05) is 0 Å². The maximum atomic E-state index is 6.59. The molecule has 0 saturated carbocycles. The van der Waals surface area contributed by atoms with Gasteiger partial charge in [0.15, 0.2) is 0 Å². The molecule has 1 unspecified atom stereocenters. The Morgan fingerprint density at radius 2 is 1.88 bits per heavy atom. The smallest absolute Gasteiger partial charge is 0.0673 e. The van der Waals surface area contributed by atoms with E-state index in [9.17, 15) is 0 Å². The van der Waals surface area contributed by atoms with Gasteiger partial charge in [0.05, 0.1) is 5.54 Å². The average Bonchev–Trinajstić information content (AvgIpc) is 2.76. The molecule has 1 aromatic heterocycles. The Bertz CT molecular complexity index is 461. The van der Waals surface area contributed by atoms with Crippen LogP contribution in [0.5, 0.6) is 0 Å². The Kier molecular flexibility index (Phi) is 3.13. The number of aryl methyl sites for hydroxylation is 1. The molecule has 2 rings (SSSR count). The number of benzene rings is 1. The first kappa shape index (κ1) is 11.4. The summed E-state index contributed by atoms with van der Waals surface area (Å²) in [5.74, 6) is 0. The van der Waals surface area contributed by atoms with Crippen molar-refractivity contribution in [1.29, 1.82) is 0 Å². The van der Waals surface area contributed by atoms with E-state index in [4.69, 9.17) is 5.73 Å². The van der Waals surface area contributed by atoms with Crippen molar-refractivity contribution in [3.05, 3.63) is 57.8 Å². The zero-order chi connectivity index (χ0) is 11.6. The van der Waals surface area contributed by atoms with Gasteiger partial charge in [-0.2, -0.15) is 0 Å². The quantitative estimate of drug-likeness (QED) is 0.857. The van der Waals surface area contributed by atoms with E-state index < -0.39 is 0 Å². The second kappa shape index (κ2) is 4.40. The van der Waals surface area contributed by atoms with Crippen molar-refractivity contribution < 1.29 is 0 Å². The monoisotopic (exact) mass is 231 g/mol. The Morgan fingerprint density at radius 3 is 2.38 bits per heavy atom. The van der Waals surface area contributed by atoms with Gasteiger partial charge in [0.1, 0.15) is 0 Å². The lowest BCUT2D eigenvalue weighted by atomic mass is 9.82. The summed E-state index contributed by atoms with van der Waals surface area (Å²) in [4.78, 5) is 1.31. The molecule has 0 aliphatic heterocycles. The van der Waals surface area contributed by atoms with Crippen molar-refractivity contribution >= 4 is 11.3 Å². The molecule has 0 amide bonds. The van der Waals surface area contributed by atoms with E-state index in [1.165, 1.54) is 16.0 Å². The molecule has 2 heteroatoms. The first-order chi connectivity index (χ1) is 7.68. The molecule has 0 bridgehead atoms. The minimum absolute atomic E-state index is 0.342. The lowest BCUT2D eigenvalue weighted by Gasteiger charge is -2.29. The third kappa shape index (κ3) is 1.79. The number of hydrogen-bond acceptors (Lipinski definition) is 2. The number of hydrogen-bond donors (Lipinski definition) is 1. The molecule has 2 N–H and O–H groups in total. The fourth-order valence-electron chi connectivity index (χ4n) is 2.13. The van der Waals surface area contributed by atoms with Crippen LogP contribution < -0.4 is 5.73 Å². The summed E-state index contributed by atoms with van der Waals surface area (Å²) >= 11 is 1.76. The van der Waals surface area contributed by atoms with Crippen LogP contribution in [0, 0.1) is 6.92 Å². The van der Waals surface area contributed by atoms with Crippen LogP contribution in [-0.4, -0.2) is 0 Å². The molecule has 0 spiro atoms. The molecule has 1 atom stereocenters. The highest BCUT2D eigenvalue weighted by atomic mass is 32.1. The molecule has 1 aromatic carbocycles. The van der Waals surface area contributed by atoms with Crippen LogP contribution in [0.25, 0.3) is 0 Å². The van der Waals surface area contributed by atoms with Crippen LogP contribution in [0.2, 0.25) is 0 Å². The minimum Gasteiger partial charge on any atom is -0.318 e. The van der Waals surface area contributed by atoms with Crippen molar-refractivity contribution in [3.63, 3.8) is 0 Å². The van der Waals surface area contributed by atoms with Gasteiger partial charge in [-0.1, -0.05) is 37.3 Å². The average molecular weight is 231 g/mol. The van der Waals surface area contributed by atoms with E-state index in [-0.39, 0.29) is 5.54 Å². The standard InChI is InChI=1S/C14H17NS/c1-3-14(15,12-7-5-4-6-8-12)13-9-10-16-11(13)2/h4-10H,3,15H2,1-2H3. The van der Waals surface area contributed by atoms with Gasteiger partial charge in [0.25, 0.3) is 0 Å². The molecule has 84 valence electrons. The van der Waals surface area contributed by atoms with Gasteiger partial charge in [0.2, 0.25) is 0 Å². The van der Waals surface area contributed by atoms with Gasteiger partial charge in [-0.3, -0.25) is 0 Å². The highest BCUT2D eigenvalue weighted by Gasteiger charge is 2.29. The summed E-state index contributed by atoms with van der Waals surface area (Å²) in [6.45, 7) is 4.28. The SMILES string of the molecule is CCC(N)(c1ccccc1)c1ccsc1C. The summed E-state index contributed by atoms with van der Waals surface area (Å²) in [6.07, 6.45) is 0.911. The summed E-state index contributed by atoms with van der Waals surface area (Å²) in [7, 11) is 0. The normalized spacial score (nSPS) is 14.7. The van der Waals surface area contributed by atoms with Gasteiger partial charge in [-0.05, 0) is 35.9 Å². The predicted molar refractivity (Wildman–Crippen MR) is 70.8 cm³/mol. The summed E-state index contributed by atoms with van der Waals surface area (Å²) < 4.78 is 0. The third-order valence-corrected chi connectivity index (χ3v) is 4.03. The van der Waals surface area contributed by atoms with E-state index in [0.717, 1.165) is 6.42 Å². The zero-order valence-electron chi connectivity index (χ0n) is 9.73. The van der Waals surface area contributed by atoms with Gasteiger partial charge in [0, 0.05) is 4.88 Å². The first-order valence-corrected chi connectivity index (χ1v) is 6.45. The molecule has 0 aliphatic rings. The van der Waals surface area contributed by atoms with Crippen molar-refractivity contribution in [3.8, 4) is 0 Å². The molecule has 1 nitrogen and oxygen atoms in total. The molecule has 0 saturated heterocycles. The Hall–Kier alpha value is -1.12. The van der Waals surface area contributed by atoms with Crippen LogP contribution in [0.4, 0.5) is 0 Å². The molecule has 0 radical (unpaired) electrons. The van der Waals surface area contributed by atoms with Crippen molar-refractivity contribution in [2.24, 2.45) is 5.73 Å². The molecule has 2 aromatic rings. The molecular formula is C14H17NS. The van der Waals surface area contributed by atoms with Crippen LogP contribution in [0.3, 0.4) is 0 Å². The van der Waals surface area contributed by atoms with E-state index >= 15 is 0 Å². The fraction of sp³-hybridized carbons (Fsp3) is 0.286. The highest BCUT2D eigenvalue weighted by molar-refractivity contribution is 7.10. The molecule has 0 fully saturated rings. The van der Waals surface area contributed by atoms with E-state index in [1.807, 2.05) is 18.2 Å². The number of nitrogens with two attached hydrogens (primary N) is 1. The highest BCUT2D eigenvalue weighted by Crippen LogP contribution is 2.34. The van der Waals surface area contributed by atoms with E-state index in [2.05, 4.69) is 37.4 Å². The van der Waals surface area contributed by atoms with Gasteiger partial charge in [-0.15, -0.1) is 11.3 Å². The molecule has 16 heavy (non-hydrogen) atoms. The van der Waals surface area contributed by atoms with Crippen molar-refractivity contribution in [2.45, 2.75) is 25.8 Å². The molecule has 1 heterocycles. The topological polar surface area (TPSA) is 26.0 Å². The van der Waals surface area contributed by atoms with Crippen LogP contribution in [0.15, 0.2) is 41.8 Å². The molecular weight excluding hydrogens is 214 g/mol. The third-order valence-electron chi connectivity index (χ3n) is 3.19. The van der Waals surface area contributed by atoms with Crippen molar-refractivity contribution in [1.82, 2.24) is 0 Å². The predicted octanol–water partition coefficient (Wildman–Crippen LogP) is 3.67. The van der Waals surface area contributed by atoms with Crippen LogP contribution in [-0.2, 0) is 5.54 Å². The maximum Gasteiger partial charge on any atom is 0.0673 e. The van der Waals surface area contributed by atoms with E-state index in [0.29, 0.717) is 0 Å². The largest absolute Gasteiger partial charge is 0.318 e. The Labute approximate surface area is 101 Å².